The van der Waals surface area contributed by atoms with Crippen molar-refractivity contribution >= 4 is 17.5 Å². The van der Waals surface area contributed by atoms with Crippen molar-refractivity contribution in [2.75, 3.05) is 37.6 Å². The van der Waals surface area contributed by atoms with Crippen molar-refractivity contribution in [2.24, 2.45) is 0 Å². The number of nitriles is 1. The van der Waals surface area contributed by atoms with E-state index >= 15 is 0 Å². The molecule has 0 unspecified atom stereocenters. The Hall–Kier alpha value is -2.73. The minimum atomic E-state index is -0.897. The number of hydrogen-bond acceptors (Lipinski definition) is 7. The first-order valence-electron chi connectivity index (χ1n) is 6.25. The molecule has 0 bridgehead atoms. The van der Waals surface area contributed by atoms with Gasteiger partial charge in [-0.15, -0.1) is 0 Å². The summed E-state index contributed by atoms with van der Waals surface area (Å²) in [5.74, 6) is -0.681. The van der Waals surface area contributed by atoms with Crippen molar-refractivity contribution < 1.29 is 14.8 Å². The first-order chi connectivity index (χ1) is 10.0. The molecule has 9 heteroatoms. The quantitative estimate of drug-likeness (QED) is 0.610. The van der Waals surface area contributed by atoms with Crippen LogP contribution in [0.4, 0.5) is 11.5 Å². The fourth-order valence-electron chi connectivity index (χ4n) is 2.19. The summed E-state index contributed by atoms with van der Waals surface area (Å²) in [5, 5.41) is 28.6. The number of piperazine rings is 1. The van der Waals surface area contributed by atoms with E-state index in [4.69, 9.17) is 10.4 Å². The molecule has 0 saturated carbocycles. The highest BCUT2D eigenvalue weighted by molar-refractivity contribution is 5.69. The molecule has 21 heavy (non-hydrogen) atoms. The Kier molecular flexibility index (Phi) is 4.30. The fourth-order valence-corrected chi connectivity index (χ4v) is 2.19. The second kappa shape index (κ2) is 6.15. The lowest BCUT2D eigenvalue weighted by molar-refractivity contribution is -0.384. The number of nitro groups is 1. The van der Waals surface area contributed by atoms with Crippen LogP contribution in [0.15, 0.2) is 12.3 Å². The predicted molar refractivity (Wildman–Crippen MR) is 71.9 cm³/mol. The Morgan fingerprint density at radius 2 is 2.14 bits per heavy atom. The van der Waals surface area contributed by atoms with Crippen molar-refractivity contribution in [1.82, 2.24) is 9.88 Å². The number of carbonyl (C=O) groups is 1. The maximum absolute atomic E-state index is 11.1. The number of hydrogen-bond donors (Lipinski definition) is 1. The Morgan fingerprint density at radius 3 is 2.67 bits per heavy atom. The molecule has 0 aliphatic carbocycles. The van der Waals surface area contributed by atoms with Crippen LogP contribution in [0.3, 0.4) is 0 Å². The molecule has 1 aliphatic heterocycles. The van der Waals surface area contributed by atoms with Crippen LogP contribution in [-0.4, -0.2) is 58.6 Å². The van der Waals surface area contributed by atoms with Gasteiger partial charge in [0.1, 0.15) is 6.07 Å². The van der Waals surface area contributed by atoms with Gasteiger partial charge in [-0.3, -0.25) is 19.8 Å². The molecule has 1 N–H and O–H groups in total. The molecular formula is C12H13N5O4. The highest BCUT2D eigenvalue weighted by Crippen LogP contribution is 2.27. The highest BCUT2D eigenvalue weighted by atomic mass is 16.6. The molecular weight excluding hydrogens is 278 g/mol. The first kappa shape index (κ1) is 14.7. The van der Waals surface area contributed by atoms with Gasteiger partial charge in [0, 0.05) is 38.4 Å². The van der Waals surface area contributed by atoms with Gasteiger partial charge in [0.05, 0.1) is 17.0 Å². The lowest BCUT2D eigenvalue weighted by atomic mass is 10.2. The van der Waals surface area contributed by atoms with Gasteiger partial charge >= 0.3 is 11.7 Å². The topological polar surface area (TPSA) is 124 Å². The van der Waals surface area contributed by atoms with E-state index in [2.05, 4.69) is 4.98 Å². The third kappa shape index (κ3) is 3.43. The van der Waals surface area contributed by atoms with E-state index in [0.717, 1.165) is 0 Å². The number of rotatable bonds is 4. The Morgan fingerprint density at radius 1 is 1.48 bits per heavy atom. The van der Waals surface area contributed by atoms with Crippen molar-refractivity contribution in [3.05, 3.63) is 27.9 Å². The van der Waals surface area contributed by atoms with Gasteiger partial charge in [0.2, 0.25) is 5.82 Å². The zero-order chi connectivity index (χ0) is 15.4. The summed E-state index contributed by atoms with van der Waals surface area (Å²) in [6.07, 6.45) is 1.30. The number of aromatic nitrogens is 1. The summed E-state index contributed by atoms with van der Waals surface area (Å²) in [5.41, 5.74) is -0.0734. The molecule has 2 heterocycles. The standard InChI is InChI=1S/C12H13N5O4/c13-6-9-5-10(17(20)21)12(14-7-9)16-3-1-15(2-4-16)8-11(18)19/h5,7H,1-4,8H2,(H,18,19). The van der Waals surface area contributed by atoms with Gasteiger partial charge in [0.15, 0.2) is 0 Å². The largest absolute Gasteiger partial charge is 0.480 e. The summed E-state index contributed by atoms with van der Waals surface area (Å²) in [6, 6.07) is 3.02. The fraction of sp³-hybridized carbons (Fsp3) is 0.417. The van der Waals surface area contributed by atoms with Gasteiger partial charge in [-0.05, 0) is 0 Å². The number of pyridine rings is 1. The average Bonchev–Trinajstić information content (AvgIpc) is 2.47. The van der Waals surface area contributed by atoms with Gasteiger partial charge in [-0.2, -0.15) is 5.26 Å². The van der Waals surface area contributed by atoms with Crippen LogP contribution >= 0.6 is 0 Å². The van der Waals surface area contributed by atoms with Gasteiger partial charge in [0.25, 0.3) is 0 Å². The van der Waals surface area contributed by atoms with E-state index in [1.807, 2.05) is 6.07 Å². The highest BCUT2D eigenvalue weighted by Gasteiger charge is 2.26. The van der Waals surface area contributed by atoms with Gasteiger partial charge in [-0.1, -0.05) is 0 Å². The van der Waals surface area contributed by atoms with Crippen molar-refractivity contribution in [2.45, 2.75) is 0 Å². The molecule has 0 aromatic carbocycles. The maximum Gasteiger partial charge on any atom is 0.317 e. The molecule has 0 spiro atoms. The van der Waals surface area contributed by atoms with Crippen molar-refractivity contribution in [3.63, 3.8) is 0 Å². The Labute approximate surface area is 120 Å². The average molecular weight is 291 g/mol. The molecule has 1 aliphatic rings. The van der Waals surface area contributed by atoms with Crippen LogP contribution in [0.25, 0.3) is 0 Å². The smallest absolute Gasteiger partial charge is 0.317 e. The molecule has 1 aromatic rings. The van der Waals surface area contributed by atoms with E-state index in [-0.39, 0.29) is 23.6 Å². The molecule has 9 nitrogen and oxygen atoms in total. The minimum absolute atomic E-state index is 0.0449. The monoisotopic (exact) mass is 291 g/mol. The summed E-state index contributed by atoms with van der Waals surface area (Å²) in [4.78, 5) is 28.7. The van der Waals surface area contributed by atoms with Crippen LogP contribution in [0.1, 0.15) is 5.56 Å². The third-order valence-electron chi connectivity index (χ3n) is 3.20. The van der Waals surface area contributed by atoms with Crippen LogP contribution in [-0.2, 0) is 4.79 Å². The van der Waals surface area contributed by atoms with Crippen LogP contribution < -0.4 is 4.90 Å². The summed E-state index contributed by atoms with van der Waals surface area (Å²) in [7, 11) is 0. The zero-order valence-corrected chi connectivity index (χ0v) is 11.1. The Balaban J connectivity index is 2.15. The maximum atomic E-state index is 11.1. The number of carboxylic acids is 1. The summed E-state index contributed by atoms with van der Waals surface area (Å²) >= 11 is 0. The molecule has 1 aromatic heterocycles. The molecule has 1 fully saturated rings. The molecule has 110 valence electrons. The molecule has 0 amide bonds. The lowest BCUT2D eigenvalue weighted by Crippen LogP contribution is -2.48. The molecule has 0 atom stereocenters. The van der Waals surface area contributed by atoms with E-state index in [0.29, 0.717) is 26.2 Å². The van der Waals surface area contributed by atoms with Crippen LogP contribution in [0.2, 0.25) is 0 Å². The second-order valence-electron chi connectivity index (χ2n) is 4.59. The number of anilines is 1. The van der Waals surface area contributed by atoms with Crippen molar-refractivity contribution in [3.8, 4) is 6.07 Å². The Bertz CT molecular complexity index is 604. The van der Waals surface area contributed by atoms with Gasteiger partial charge in [-0.25, -0.2) is 4.98 Å². The lowest BCUT2D eigenvalue weighted by Gasteiger charge is -2.34. The normalized spacial score (nSPS) is 15.5. The van der Waals surface area contributed by atoms with Crippen LogP contribution in [0, 0.1) is 21.4 Å². The number of nitrogens with zero attached hydrogens (tertiary/aromatic N) is 5. The first-order valence-corrected chi connectivity index (χ1v) is 6.25. The minimum Gasteiger partial charge on any atom is -0.480 e. The van der Waals surface area contributed by atoms with E-state index in [1.165, 1.54) is 12.3 Å². The molecule has 2 rings (SSSR count). The molecule has 1 saturated heterocycles. The van der Waals surface area contributed by atoms with E-state index < -0.39 is 10.9 Å². The SMILES string of the molecule is N#Cc1cnc(N2CCN(CC(=O)O)CC2)c([N+](=O)[O-])c1. The number of carboxylic acid groups (broad SMARTS) is 1. The van der Waals surface area contributed by atoms with Crippen molar-refractivity contribution in [1.29, 1.82) is 5.26 Å². The van der Waals surface area contributed by atoms with Crippen LogP contribution in [0.5, 0.6) is 0 Å². The summed E-state index contributed by atoms with van der Waals surface area (Å²) < 4.78 is 0. The third-order valence-corrected chi connectivity index (χ3v) is 3.20. The van der Waals surface area contributed by atoms with E-state index in [9.17, 15) is 14.9 Å². The molecule has 0 radical (unpaired) electrons. The second-order valence-corrected chi connectivity index (χ2v) is 4.59. The van der Waals surface area contributed by atoms with E-state index in [1.54, 1.807) is 9.80 Å². The summed E-state index contributed by atoms with van der Waals surface area (Å²) in [6.45, 7) is 1.84. The predicted octanol–water partition coefficient (Wildman–Crippen LogP) is 0.0681. The van der Waals surface area contributed by atoms with Gasteiger partial charge < -0.3 is 10.0 Å². The zero-order valence-electron chi connectivity index (χ0n) is 11.1. The number of aliphatic carboxylic acids is 1.